The van der Waals surface area contributed by atoms with Crippen molar-refractivity contribution in [3.63, 3.8) is 0 Å². The second-order valence-electron chi connectivity index (χ2n) is 8.62. The maximum absolute atomic E-state index is 12.8. The third-order valence-corrected chi connectivity index (χ3v) is 5.82. The van der Waals surface area contributed by atoms with Crippen LogP contribution in [0, 0.1) is 5.41 Å². The molecule has 3 heterocycles. The predicted octanol–water partition coefficient (Wildman–Crippen LogP) is 3.14. The van der Waals surface area contributed by atoms with Gasteiger partial charge in [0.05, 0.1) is 37.5 Å². The van der Waals surface area contributed by atoms with Crippen molar-refractivity contribution in [3.8, 4) is 5.88 Å². The van der Waals surface area contributed by atoms with E-state index >= 15 is 0 Å². The van der Waals surface area contributed by atoms with Gasteiger partial charge < -0.3 is 19.1 Å². The highest BCUT2D eigenvalue weighted by Crippen LogP contribution is 2.46. The lowest BCUT2D eigenvalue weighted by Gasteiger charge is -2.49. The molecule has 9 heteroatoms. The van der Waals surface area contributed by atoms with Crippen molar-refractivity contribution >= 4 is 23.4 Å². The van der Waals surface area contributed by atoms with Crippen LogP contribution in [0.1, 0.15) is 52.3 Å². The van der Waals surface area contributed by atoms with Gasteiger partial charge in [-0.1, -0.05) is 32.4 Å². The van der Waals surface area contributed by atoms with Crippen LogP contribution < -0.4 is 4.74 Å². The summed E-state index contributed by atoms with van der Waals surface area (Å²) in [6, 6.07) is -0.310. The third kappa shape index (κ3) is 4.34. The minimum atomic E-state index is -0.582. The molecule has 166 valence electrons. The monoisotopic (exact) mass is 439 g/mol. The third-order valence-electron chi connectivity index (χ3n) is 5.47. The molecule has 8 nitrogen and oxygen atoms in total. The second kappa shape index (κ2) is 8.98. The molecule has 1 unspecified atom stereocenters. The summed E-state index contributed by atoms with van der Waals surface area (Å²) in [5.41, 5.74) is 0.693. The van der Waals surface area contributed by atoms with Crippen LogP contribution in [-0.4, -0.2) is 59.4 Å². The van der Waals surface area contributed by atoms with Gasteiger partial charge in [-0.2, -0.15) is 0 Å². The summed E-state index contributed by atoms with van der Waals surface area (Å²) in [6.07, 6.45) is 2.50. The number of hydrogen-bond donors (Lipinski definition) is 0. The quantitative estimate of drug-likeness (QED) is 0.366. The molecule has 0 fully saturated rings. The summed E-state index contributed by atoms with van der Waals surface area (Å²) in [4.78, 5) is 27.2. The highest BCUT2D eigenvalue weighted by atomic mass is 35.5. The Morgan fingerprint density at radius 2 is 2.07 bits per heavy atom. The molecule has 1 aromatic heterocycles. The molecular weight excluding hydrogens is 410 g/mol. The Bertz CT molecular complexity index is 842. The van der Waals surface area contributed by atoms with E-state index in [0.717, 1.165) is 12.1 Å². The Labute approximate surface area is 182 Å². The zero-order valence-electron chi connectivity index (χ0n) is 18.2. The van der Waals surface area contributed by atoms with Crippen molar-refractivity contribution in [2.45, 2.75) is 59.2 Å². The van der Waals surface area contributed by atoms with Gasteiger partial charge in [0.2, 0.25) is 0 Å². The van der Waals surface area contributed by atoms with Gasteiger partial charge in [0.1, 0.15) is 10.6 Å². The predicted molar refractivity (Wildman–Crippen MR) is 111 cm³/mol. The number of carbonyl (C=O) groups is 2. The number of ketones is 1. The molecule has 0 N–H and O–H groups in total. The summed E-state index contributed by atoms with van der Waals surface area (Å²) in [5.74, 6) is -0.471. The minimum absolute atomic E-state index is 0.00448. The van der Waals surface area contributed by atoms with Gasteiger partial charge in [0, 0.05) is 32.8 Å². The van der Waals surface area contributed by atoms with Gasteiger partial charge in [-0.15, -0.1) is 5.10 Å². The smallest absolute Gasteiger partial charge is 0.343 e. The van der Waals surface area contributed by atoms with E-state index in [4.69, 9.17) is 25.8 Å². The van der Waals surface area contributed by atoms with E-state index < -0.39 is 5.97 Å². The Morgan fingerprint density at radius 3 is 2.70 bits per heavy atom. The van der Waals surface area contributed by atoms with E-state index in [9.17, 15) is 9.59 Å². The number of methoxy groups -OCH3 is 1. The largest absolute Gasteiger partial charge is 0.475 e. The molecular formula is C21H30ClN3O5. The average molecular weight is 440 g/mol. The molecule has 1 aromatic rings. The number of hydrogen-bond acceptors (Lipinski definition) is 7. The molecule has 0 saturated carbocycles. The molecule has 0 radical (unpaired) electrons. The van der Waals surface area contributed by atoms with Crippen molar-refractivity contribution in [3.05, 3.63) is 22.5 Å². The number of ether oxygens (including phenoxy) is 3. The maximum atomic E-state index is 12.8. The fourth-order valence-corrected chi connectivity index (χ4v) is 4.27. The summed E-state index contributed by atoms with van der Waals surface area (Å²) in [5, 5.41) is 5.00. The Kier molecular flexibility index (Phi) is 6.77. The zero-order valence-corrected chi connectivity index (χ0v) is 19.0. The first-order valence-electron chi connectivity index (χ1n) is 10.3. The zero-order chi connectivity index (χ0) is 22.1. The van der Waals surface area contributed by atoms with Crippen molar-refractivity contribution in [2.24, 2.45) is 5.41 Å². The van der Waals surface area contributed by atoms with Crippen LogP contribution in [0.3, 0.4) is 0 Å². The Morgan fingerprint density at radius 1 is 1.33 bits per heavy atom. The molecule has 2 aliphatic heterocycles. The van der Waals surface area contributed by atoms with Gasteiger partial charge in [-0.3, -0.25) is 9.48 Å². The number of rotatable bonds is 7. The molecule has 0 spiro atoms. The molecule has 0 bridgehead atoms. The molecule has 30 heavy (non-hydrogen) atoms. The molecule has 0 amide bonds. The standard InChI is InChI=1S/C21H30ClN3O5/c1-6-29-20(27)13-11-24-14(10-15(13)26)18-17(22)19(30-9-7-8-28-5)23-25(18)12-16(24)21(2,3)4/h11,14,16H,6-10,12H2,1-5H3/t14?,16-/m0/s1. The van der Waals surface area contributed by atoms with E-state index in [1.807, 2.05) is 4.68 Å². The van der Waals surface area contributed by atoms with Crippen LogP contribution in [0.25, 0.3) is 0 Å². The van der Waals surface area contributed by atoms with E-state index in [-0.39, 0.29) is 41.9 Å². The number of Topliss-reactive ketones (excluding diaryl/α,β-unsaturated/α-hetero) is 1. The van der Waals surface area contributed by atoms with Gasteiger partial charge in [-0.25, -0.2) is 4.79 Å². The number of halogens is 1. The van der Waals surface area contributed by atoms with E-state index in [2.05, 4.69) is 30.8 Å². The molecule has 0 aromatic carbocycles. The lowest BCUT2D eigenvalue weighted by molar-refractivity contribution is -0.141. The van der Waals surface area contributed by atoms with Crippen LogP contribution in [-0.2, 0) is 25.6 Å². The lowest BCUT2D eigenvalue weighted by atomic mass is 9.81. The number of nitrogens with zero attached hydrogens (tertiary/aromatic N) is 3. The summed E-state index contributed by atoms with van der Waals surface area (Å²) >= 11 is 6.64. The first-order valence-corrected chi connectivity index (χ1v) is 10.6. The SMILES string of the molecule is CCOC(=O)C1=CN2C(CC1=O)c1c(Cl)c(OCCCOC)nn1C[C@H]2C(C)(C)C. The fraction of sp³-hybridized carbons (Fsp3) is 0.667. The Balaban J connectivity index is 1.98. The molecule has 2 aliphatic rings. The highest BCUT2D eigenvalue weighted by Gasteiger charge is 2.46. The van der Waals surface area contributed by atoms with E-state index in [1.54, 1.807) is 20.2 Å². The van der Waals surface area contributed by atoms with Gasteiger partial charge in [0.25, 0.3) is 5.88 Å². The normalized spacial score (nSPS) is 21.1. The highest BCUT2D eigenvalue weighted by molar-refractivity contribution is 6.32. The fourth-order valence-electron chi connectivity index (χ4n) is 3.95. The number of esters is 1. The first-order chi connectivity index (χ1) is 14.2. The summed E-state index contributed by atoms with van der Waals surface area (Å²) in [7, 11) is 1.64. The summed E-state index contributed by atoms with van der Waals surface area (Å²) < 4.78 is 17.8. The maximum Gasteiger partial charge on any atom is 0.343 e. The molecule has 0 saturated heterocycles. The number of aromatic nitrogens is 2. The van der Waals surface area contributed by atoms with Crippen molar-refractivity contribution in [1.29, 1.82) is 0 Å². The van der Waals surface area contributed by atoms with Crippen molar-refractivity contribution < 1.29 is 23.8 Å². The molecule has 3 rings (SSSR count). The summed E-state index contributed by atoms with van der Waals surface area (Å²) in [6.45, 7) is 9.91. The number of carbonyl (C=O) groups excluding carboxylic acids is 2. The van der Waals surface area contributed by atoms with Gasteiger partial charge >= 0.3 is 5.97 Å². The van der Waals surface area contributed by atoms with E-state index in [1.165, 1.54) is 0 Å². The minimum Gasteiger partial charge on any atom is -0.475 e. The topological polar surface area (TPSA) is 82.9 Å². The molecule has 0 aliphatic carbocycles. The van der Waals surface area contributed by atoms with Crippen LogP contribution >= 0.6 is 11.6 Å². The van der Waals surface area contributed by atoms with Crippen molar-refractivity contribution in [1.82, 2.24) is 14.7 Å². The van der Waals surface area contributed by atoms with Gasteiger partial charge in [0.15, 0.2) is 5.78 Å². The molecule has 2 atom stereocenters. The van der Waals surface area contributed by atoms with Crippen LogP contribution in [0.15, 0.2) is 11.8 Å². The van der Waals surface area contributed by atoms with Crippen LogP contribution in [0.2, 0.25) is 5.02 Å². The van der Waals surface area contributed by atoms with E-state index in [0.29, 0.717) is 30.7 Å². The van der Waals surface area contributed by atoms with Crippen LogP contribution in [0.4, 0.5) is 0 Å². The average Bonchev–Trinajstić information content (AvgIpc) is 2.99. The lowest BCUT2D eigenvalue weighted by Crippen LogP contribution is -2.52. The Hall–Kier alpha value is -2.06. The van der Waals surface area contributed by atoms with Crippen molar-refractivity contribution in [2.75, 3.05) is 26.9 Å². The van der Waals surface area contributed by atoms with Gasteiger partial charge in [-0.05, 0) is 12.3 Å². The first kappa shape index (κ1) is 22.6. The second-order valence-corrected chi connectivity index (χ2v) is 8.99. The van der Waals surface area contributed by atoms with Crippen LogP contribution in [0.5, 0.6) is 5.88 Å². The number of fused-ring (bicyclic) bond motifs is 3.